The van der Waals surface area contributed by atoms with Crippen molar-refractivity contribution in [2.75, 3.05) is 0 Å². The van der Waals surface area contributed by atoms with Gasteiger partial charge >= 0.3 is 0 Å². The first-order valence-corrected chi connectivity index (χ1v) is 7.97. The Kier molecular flexibility index (Phi) is 4.46. The van der Waals surface area contributed by atoms with Crippen LogP contribution in [0.15, 0.2) is 60.3 Å². The highest BCUT2D eigenvalue weighted by atomic mass is 35.5. The van der Waals surface area contributed by atoms with Crippen molar-refractivity contribution in [3.63, 3.8) is 0 Å². The van der Waals surface area contributed by atoms with Gasteiger partial charge in [0.1, 0.15) is 0 Å². The summed E-state index contributed by atoms with van der Waals surface area (Å²) in [6, 6.07) is 14.6. The number of aryl methyl sites for hydroxylation is 1. The van der Waals surface area contributed by atoms with Crippen molar-refractivity contribution in [1.82, 2.24) is 10.6 Å². The number of rotatable bonds is 3. The van der Waals surface area contributed by atoms with E-state index in [-0.39, 0.29) is 11.8 Å². The van der Waals surface area contributed by atoms with Crippen LogP contribution in [0, 0.1) is 6.92 Å². The van der Waals surface area contributed by atoms with Crippen LogP contribution in [-0.4, -0.2) is 10.9 Å². The van der Waals surface area contributed by atoms with E-state index in [1.807, 2.05) is 43.3 Å². The fraction of sp³-hybridized carbons (Fsp3) is 0.111. The van der Waals surface area contributed by atoms with E-state index in [0.717, 1.165) is 11.1 Å². The second-order valence-corrected chi connectivity index (χ2v) is 6.24. The summed E-state index contributed by atoms with van der Waals surface area (Å²) >= 11 is 11.1. The Morgan fingerprint density at radius 3 is 2.39 bits per heavy atom. The largest absolute Gasteiger partial charge is 0.351 e. The van der Waals surface area contributed by atoms with Crippen LogP contribution in [0.3, 0.4) is 0 Å². The van der Waals surface area contributed by atoms with Gasteiger partial charge in [-0.1, -0.05) is 53.6 Å². The molecule has 0 radical (unpaired) electrons. The summed E-state index contributed by atoms with van der Waals surface area (Å²) in [7, 11) is 0. The SMILES string of the molecule is Cc1ccc(C(=O)C2=CNC(=S)NC2c2ccc(Cl)cc2)cc1. The molecule has 23 heavy (non-hydrogen) atoms. The number of halogens is 1. The number of Topliss-reactive ketones (excluding diaryl/α,β-unsaturated/α-hetero) is 1. The highest BCUT2D eigenvalue weighted by molar-refractivity contribution is 7.80. The number of hydrogen-bond acceptors (Lipinski definition) is 2. The normalized spacial score (nSPS) is 17.0. The zero-order chi connectivity index (χ0) is 16.4. The highest BCUT2D eigenvalue weighted by Gasteiger charge is 2.27. The number of thiocarbonyl (C=S) groups is 1. The van der Waals surface area contributed by atoms with Gasteiger partial charge in [-0.2, -0.15) is 0 Å². The highest BCUT2D eigenvalue weighted by Crippen LogP contribution is 2.27. The lowest BCUT2D eigenvalue weighted by Gasteiger charge is -2.27. The lowest BCUT2D eigenvalue weighted by molar-refractivity contribution is 0.102. The molecule has 1 aliphatic heterocycles. The van der Waals surface area contributed by atoms with Gasteiger partial charge < -0.3 is 10.6 Å². The molecule has 2 aromatic carbocycles. The molecular weight excluding hydrogens is 328 g/mol. The van der Waals surface area contributed by atoms with Gasteiger partial charge in [-0.15, -0.1) is 0 Å². The third kappa shape index (κ3) is 3.44. The van der Waals surface area contributed by atoms with E-state index in [0.29, 0.717) is 21.3 Å². The third-order valence-corrected chi connectivity index (χ3v) is 4.21. The van der Waals surface area contributed by atoms with Crippen LogP contribution >= 0.6 is 23.8 Å². The van der Waals surface area contributed by atoms with Crippen molar-refractivity contribution < 1.29 is 4.79 Å². The maximum atomic E-state index is 12.9. The van der Waals surface area contributed by atoms with Gasteiger partial charge in [-0.05, 0) is 36.8 Å². The van der Waals surface area contributed by atoms with Crippen LogP contribution in [0.1, 0.15) is 27.5 Å². The topological polar surface area (TPSA) is 41.1 Å². The maximum absolute atomic E-state index is 12.9. The molecule has 1 aliphatic rings. The van der Waals surface area contributed by atoms with E-state index in [9.17, 15) is 4.79 Å². The molecule has 0 spiro atoms. The van der Waals surface area contributed by atoms with Gasteiger partial charge in [0.2, 0.25) is 0 Å². The summed E-state index contributed by atoms with van der Waals surface area (Å²) in [4.78, 5) is 12.9. The fourth-order valence-electron chi connectivity index (χ4n) is 2.46. The molecule has 0 fully saturated rings. The first-order chi connectivity index (χ1) is 11.0. The predicted octanol–water partition coefficient (Wildman–Crippen LogP) is 3.93. The molecule has 116 valence electrons. The molecule has 1 heterocycles. The molecule has 0 bridgehead atoms. The monoisotopic (exact) mass is 342 g/mol. The van der Waals surface area contributed by atoms with Gasteiger partial charge in [-0.3, -0.25) is 4.79 Å². The van der Waals surface area contributed by atoms with E-state index in [1.54, 1.807) is 18.3 Å². The summed E-state index contributed by atoms with van der Waals surface area (Å²) in [5.41, 5.74) is 3.32. The Labute approximate surface area is 145 Å². The molecule has 0 aliphatic carbocycles. The lowest BCUT2D eigenvalue weighted by Crippen LogP contribution is -2.42. The Morgan fingerprint density at radius 2 is 1.74 bits per heavy atom. The Hall–Kier alpha value is -2.17. The molecule has 0 saturated carbocycles. The summed E-state index contributed by atoms with van der Waals surface area (Å²) in [5.74, 6) is -0.0348. The van der Waals surface area contributed by atoms with Crippen LogP contribution in [0.2, 0.25) is 5.02 Å². The van der Waals surface area contributed by atoms with Gasteiger partial charge in [-0.25, -0.2) is 0 Å². The Morgan fingerprint density at radius 1 is 1.09 bits per heavy atom. The number of hydrogen-bond donors (Lipinski definition) is 2. The van der Waals surface area contributed by atoms with Crippen LogP contribution in [-0.2, 0) is 0 Å². The maximum Gasteiger partial charge on any atom is 0.192 e. The summed E-state index contributed by atoms with van der Waals surface area (Å²) in [6.45, 7) is 1.99. The minimum absolute atomic E-state index is 0.0348. The lowest BCUT2D eigenvalue weighted by atomic mass is 9.92. The van der Waals surface area contributed by atoms with Gasteiger partial charge in [0, 0.05) is 22.4 Å². The van der Waals surface area contributed by atoms with E-state index in [4.69, 9.17) is 23.8 Å². The molecule has 0 saturated heterocycles. The average molecular weight is 343 g/mol. The zero-order valence-corrected chi connectivity index (χ0v) is 14.0. The molecule has 1 unspecified atom stereocenters. The van der Waals surface area contributed by atoms with Gasteiger partial charge in [0.05, 0.1) is 6.04 Å². The minimum atomic E-state index is -0.296. The van der Waals surface area contributed by atoms with Crippen LogP contribution < -0.4 is 10.6 Å². The van der Waals surface area contributed by atoms with E-state index < -0.39 is 0 Å². The number of carbonyl (C=O) groups is 1. The molecule has 3 rings (SSSR count). The second-order valence-electron chi connectivity index (χ2n) is 5.40. The summed E-state index contributed by atoms with van der Waals surface area (Å²) in [5, 5.41) is 7.21. The average Bonchev–Trinajstić information content (AvgIpc) is 2.55. The van der Waals surface area contributed by atoms with E-state index in [1.165, 1.54) is 0 Å². The fourth-order valence-corrected chi connectivity index (χ4v) is 2.77. The van der Waals surface area contributed by atoms with Crippen molar-refractivity contribution in [2.24, 2.45) is 0 Å². The van der Waals surface area contributed by atoms with Gasteiger partial charge in [0.15, 0.2) is 10.9 Å². The zero-order valence-electron chi connectivity index (χ0n) is 12.5. The predicted molar refractivity (Wildman–Crippen MR) is 96.7 cm³/mol. The van der Waals surface area contributed by atoms with Crippen molar-refractivity contribution in [1.29, 1.82) is 0 Å². The quantitative estimate of drug-likeness (QED) is 0.655. The standard InChI is InChI=1S/C18H15ClN2OS/c1-11-2-4-13(5-3-11)17(22)15-10-20-18(23)21-16(15)12-6-8-14(19)9-7-12/h2-10,16H,1H3,(H2,20,21,23). The molecule has 2 N–H and O–H groups in total. The van der Waals surface area contributed by atoms with Crippen molar-refractivity contribution >= 4 is 34.7 Å². The minimum Gasteiger partial charge on any atom is -0.351 e. The number of ketones is 1. The van der Waals surface area contributed by atoms with Crippen LogP contribution in [0.25, 0.3) is 0 Å². The van der Waals surface area contributed by atoms with E-state index in [2.05, 4.69) is 10.6 Å². The smallest absolute Gasteiger partial charge is 0.192 e. The second kappa shape index (κ2) is 6.52. The molecule has 0 amide bonds. The molecule has 5 heteroatoms. The van der Waals surface area contributed by atoms with Gasteiger partial charge in [0.25, 0.3) is 0 Å². The molecule has 2 aromatic rings. The summed E-state index contributed by atoms with van der Waals surface area (Å²) in [6.07, 6.45) is 1.68. The van der Waals surface area contributed by atoms with Crippen molar-refractivity contribution in [3.8, 4) is 0 Å². The molecule has 0 aromatic heterocycles. The van der Waals surface area contributed by atoms with Crippen LogP contribution in [0.4, 0.5) is 0 Å². The molecular formula is C18H15ClN2OS. The Balaban J connectivity index is 1.97. The van der Waals surface area contributed by atoms with Crippen molar-refractivity contribution in [3.05, 3.63) is 82.0 Å². The molecule has 3 nitrogen and oxygen atoms in total. The third-order valence-electron chi connectivity index (χ3n) is 3.72. The number of carbonyl (C=O) groups excluding carboxylic acids is 1. The van der Waals surface area contributed by atoms with E-state index >= 15 is 0 Å². The number of benzene rings is 2. The first kappa shape index (κ1) is 15.7. The van der Waals surface area contributed by atoms with Crippen LogP contribution in [0.5, 0.6) is 0 Å². The van der Waals surface area contributed by atoms with Crippen molar-refractivity contribution in [2.45, 2.75) is 13.0 Å². The molecule has 1 atom stereocenters. The first-order valence-electron chi connectivity index (χ1n) is 7.18. The Bertz CT molecular complexity index is 782. The summed E-state index contributed by atoms with van der Waals surface area (Å²) < 4.78 is 0. The number of nitrogens with one attached hydrogen (secondary N) is 2.